The quantitative estimate of drug-likeness (QED) is 0.157. The average molecular weight is 632 g/mol. The molecule has 4 rings (SSSR count). The maximum Gasteiger partial charge on any atom is 0.408 e. The van der Waals surface area contributed by atoms with Gasteiger partial charge in [-0.15, -0.1) is 5.10 Å². The Hall–Kier alpha value is -4.81. The van der Waals surface area contributed by atoms with Crippen molar-refractivity contribution in [1.29, 1.82) is 0 Å². The van der Waals surface area contributed by atoms with Gasteiger partial charge in [0.15, 0.2) is 9.84 Å². The number of carbonyl (C=O) groups is 2. The molecule has 3 N–H and O–H groups in total. The number of hydrogen-bond donors (Lipinski definition) is 3. The number of aromatic nitrogens is 3. The predicted octanol–water partition coefficient (Wildman–Crippen LogP) is 3.95. The zero-order valence-electron chi connectivity index (χ0n) is 24.7. The zero-order chi connectivity index (χ0) is 31.9. The molecule has 0 unspecified atom stereocenters. The van der Waals surface area contributed by atoms with E-state index in [4.69, 9.17) is 4.74 Å². The van der Waals surface area contributed by atoms with E-state index < -0.39 is 33.9 Å². The first-order chi connectivity index (χ1) is 21.8. The summed E-state index contributed by atoms with van der Waals surface area (Å²) in [5.74, 6) is -0.480. The lowest BCUT2D eigenvalue weighted by Crippen LogP contribution is -2.50. The van der Waals surface area contributed by atoms with Gasteiger partial charge >= 0.3 is 6.09 Å². The van der Waals surface area contributed by atoms with Gasteiger partial charge in [-0.25, -0.2) is 13.2 Å². The number of carbonyl (C=O) groups excluding carboxylic acids is 2. The highest BCUT2D eigenvalue weighted by atomic mass is 32.2. The molecule has 0 saturated carbocycles. The minimum atomic E-state index is -3.75. The molecule has 3 aromatic carbocycles. The number of nitrogens with zero attached hydrogens (tertiary/aromatic N) is 3. The van der Waals surface area contributed by atoms with Crippen LogP contribution in [-0.2, 0) is 45.5 Å². The molecule has 0 aliphatic carbocycles. The van der Waals surface area contributed by atoms with E-state index in [1.165, 1.54) is 18.2 Å². The molecular weight excluding hydrogens is 594 g/mol. The molecule has 0 aliphatic rings. The van der Waals surface area contributed by atoms with Crippen molar-refractivity contribution in [3.05, 3.63) is 125 Å². The Kier molecular flexibility index (Phi) is 12.4. The summed E-state index contributed by atoms with van der Waals surface area (Å²) in [5.41, 5.74) is 2.10. The fourth-order valence-electron chi connectivity index (χ4n) is 4.51. The third-order valence-corrected chi connectivity index (χ3v) is 8.34. The standard InChI is InChI=1S/C33H37N5O6S/c39-24-29-23-38(37-36-29)20-11-10-16-28(19-21-45(42,43)30-17-8-3-9-18-30)34-32(40)31(22-26-12-4-1-5-13-26)35-33(41)44-25-27-14-6-2-7-15-27/h1-9,12-15,17-19,21,23,28,31,39H,10-11,16,20,22,24-25H2,(H,34,40)(H,35,41)/b21-19+/t28-,31-/m0/s1. The van der Waals surface area contributed by atoms with Crippen molar-refractivity contribution < 1.29 is 27.9 Å². The predicted molar refractivity (Wildman–Crippen MR) is 168 cm³/mol. The molecule has 0 spiro atoms. The van der Waals surface area contributed by atoms with Gasteiger partial charge in [-0.2, -0.15) is 0 Å². The monoisotopic (exact) mass is 631 g/mol. The van der Waals surface area contributed by atoms with Crippen LogP contribution in [0.25, 0.3) is 0 Å². The van der Waals surface area contributed by atoms with Gasteiger partial charge in [-0.05, 0) is 42.5 Å². The maximum absolute atomic E-state index is 13.6. The van der Waals surface area contributed by atoms with Crippen molar-refractivity contribution in [2.24, 2.45) is 0 Å². The third-order valence-electron chi connectivity index (χ3n) is 6.89. The number of amides is 2. The molecule has 4 aromatic rings. The molecule has 0 saturated heterocycles. The lowest BCUT2D eigenvalue weighted by molar-refractivity contribution is -0.123. The molecule has 236 valence electrons. The molecule has 1 heterocycles. The summed E-state index contributed by atoms with van der Waals surface area (Å²) in [4.78, 5) is 26.5. The van der Waals surface area contributed by atoms with Crippen LogP contribution in [0.15, 0.2) is 114 Å². The van der Waals surface area contributed by atoms with Crippen LogP contribution in [0.5, 0.6) is 0 Å². The number of rotatable bonds is 16. The lowest BCUT2D eigenvalue weighted by atomic mass is 10.0. The van der Waals surface area contributed by atoms with Crippen molar-refractivity contribution in [1.82, 2.24) is 25.6 Å². The number of alkyl carbamates (subject to hydrolysis) is 1. The Morgan fingerprint density at radius 1 is 0.889 bits per heavy atom. The van der Waals surface area contributed by atoms with Gasteiger partial charge in [0.05, 0.1) is 17.7 Å². The van der Waals surface area contributed by atoms with Gasteiger partial charge in [0.25, 0.3) is 0 Å². The van der Waals surface area contributed by atoms with Crippen molar-refractivity contribution in [3.8, 4) is 0 Å². The second kappa shape index (κ2) is 16.9. The number of benzene rings is 3. The molecule has 11 nitrogen and oxygen atoms in total. The number of ether oxygens (including phenoxy) is 1. The molecule has 0 aliphatic heterocycles. The molecule has 1 aromatic heterocycles. The highest BCUT2D eigenvalue weighted by molar-refractivity contribution is 7.94. The van der Waals surface area contributed by atoms with Crippen LogP contribution < -0.4 is 10.6 Å². The first-order valence-corrected chi connectivity index (χ1v) is 16.2. The van der Waals surface area contributed by atoms with Gasteiger partial charge in [0.1, 0.15) is 18.3 Å². The summed E-state index contributed by atoms with van der Waals surface area (Å²) >= 11 is 0. The first-order valence-electron chi connectivity index (χ1n) is 14.6. The van der Waals surface area contributed by atoms with E-state index >= 15 is 0 Å². The Balaban J connectivity index is 1.46. The Labute approximate surface area is 262 Å². The van der Waals surface area contributed by atoms with E-state index in [1.807, 2.05) is 60.7 Å². The van der Waals surface area contributed by atoms with Gasteiger partial charge in [0.2, 0.25) is 5.91 Å². The molecule has 0 fully saturated rings. The fourth-order valence-corrected chi connectivity index (χ4v) is 5.60. The van der Waals surface area contributed by atoms with Crippen molar-refractivity contribution in [2.45, 2.75) is 62.4 Å². The normalized spacial score (nSPS) is 12.8. The Bertz CT molecular complexity index is 1630. The second-order valence-corrected chi connectivity index (χ2v) is 12.2. The van der Waals surface area contributed by atoms with Gasteiger partial charge in [0, 0.05) is 24.4 Å². The molecular formula is C33H37N5O6S. The zero-order valence-corrected chi connectivity index (χ0v) is 25.6. The van der Waals surface area contributed by atoms with Gasteiger partial charge in [-0.1, -0.05) is 90.2 Å². The van der Waals surface area contributed by atoms with Crippen LogP contribution in [0.2, 0.25) is 0 Å². The second-order valence-electron chi connectivity index (χ2n) is 10.4. The molecule has 2 amide bonds. The third kappa shape index (κ3) is 11.0. The van der Waals surface area contributed by atoms with E-state index in [0.717, 1.165) is 16.5 Å². The highest BCUT2D eigenvalue weighted by Crippen LogP contribution is 2.14. The van der Waals surface area contributed by atoms with E-state index in [9.17, 15) is 23.1 Å². The molecule has 2 atom stereocenters. The average Bonchev–Trinajstić information content (AvgIpc) is 3.53. The SMILES string of the molecule is O=C(N[C@@H](Cc1ccccc1)C(=O)N[C@H](/C=C/S(=O)(=O)c1ccccc1)CCCCn1cc(CO)nn1)OCc1ccccc1. The smallest absolute Gasteiger partial charge is 0.408 e. The summed E-state index contributed by atoms with van der Waals surface area (Å²) in [7, 11) is -3.75. The summed E-state index contributed by atoms with van der Waals surface area (Å²) in [6, 6.07) is 24.9. The van der Waals surface area contributed by atoms with Crippen molar-refractivity contribution in [2.75, 3.05) is 0 Å². The summed E-state index contributed by atoms with van der Waals surface area (Å²) < 4.78 is 32.9. The van der Waals surface area contributed by atoms with Crippen LogP contribution in [0, 0.1) is 0 Å². The number of nitrogens with one attached hydrogen (secondary N) is 2. The Morgan fingerprint density at radius 2 is 1.53 bits per heavy atom. The number of aryl methyl sites for hydroxylation is 1. The minimum Gasteiger partial charge on any atom is -0.445 e. The van der Waals surface area contributed by atoms with E-state index in [0.29, 0.717) is 31.5 Å². The van der Waals surface area contributed by atoms with Crippen LogP contribution in [-0.4, -0.2) is 52.6 Å². The summed E-state index contributed by atoms with van der Waals surface area (Å²) in [5, 5.41) is 23.8. The lowest BCUT2D eigenvalue weighted by Gasteiger charge is -2.22. The van der Waals surface area contributed by atoms with Crippen molar-refractivity contribution in [3.63, 3.8) is 0 Å². The van der Waals surface area contributed by atoms with Crippen molar-refractivity contribution >= 4 is 21.8 Å². The topological polar surface area (TPSA) is 153 Å². The largest absolute Gasteiger partial charge is 0.445 e. The minimum absolute atomic E-state index is 0.0423. The van der Waals surface area contributed by atoms with Crippen LogP contribution in [0.4, 0.5) is 4.79 Å². The van der Waals surface area contributed by atoms with E-state index in [1.54, 1.807) is 29.1 Å². The molecule has 0 bridgehead atoms. The highest BCUT2D eigenvalue weighted by Gasteiger charge is 2.24. The fraction of sp³-hybridized carbons (Fsp3) is 0.273. The van der Waals surface area contributed by atoms with Crippen LogP contribution >= 0.6 is 0 Å². The number of sulfone groups is 1. The van der Waals surface area contributed by atoms with E-state index in [2.05, 4.69) is 20.9 Å². The summed E-state index contributed by atoms with van der Waals surface area (Å²) in [6.07, 6.45) is 4.27. The van der Waals surface area contributed by atoms with Crippen LogP contribution in [0.1, 0.15) is 36.1 Å². The number of unbranched alkanes of at least 4 members (excludes halogenated alkanes) is 1. The van der Waals surface area contributed by atoms with Crippen LogP contribution in [0.3, 0.4) is 0 Å². The maximum atomic E-state index is 13.6. The first kappa shape index (κ1) is 33.1. The summed E-state index contributed by atoms with van der Waals surface area (Å²) in [6.45, 7) is 0.374. The molecule has 0 radical (unpaired) electrons. The number of aliphatic hydroxyl groups is 1. The molecule has 45 heavy (non-hydrogen) atoms. The Morgan fingerprint density at radius 3 is 2.18 bits per heavy atom. The number of hydrogen-bond acceptors (Lipinski definition) is 8. The molecule has 12 heteroatoms. The van der Waals surface area contributed by atoms with Gasteiger partial charge < -0.3 is 20.5 Å². The van der Waals surface area contributed by atoms with Gasteiger partial charge in [-0.3, -0.25) is 9.48 Å². The van der Waals surface area contributed by atoms with E-state index in [-0.39, 0.29) is 24.5 Å². The number of aliphatic hydroxyl groups excluding tert-OH is 1.